The van der Waals surface area contributed by atoms with Gasteiger partial charge in [0, 0.05) is 6.20 Å². The summed E-state index contributed by atoms with van der Waals surface area (Å²) in [6, 6.07) is 3.96. The molecule has 3 rings (SSSR count). The average Bonchev–Trinajstić information content (AvgIpc) is 3.21. The smallest absolute Gasteiger partial charge is 0.453 e. The highest BCUT2D eigenvalue weighted by molar-refractivity contribution is 6.32. The number of rotatable bonds is 5. The first-order valence-electron chi connectivity index (χ1n) is 7.14. The van der Waals surface area contributed by atoms with Crippen molar-refractivity contribution in [2.45, 2.75) is 18.8 Å². The molecule has 0 fully saturated rings. The first kappa shape index (κ1) is 18.7. The molecule has 1 atom stereocenters. The summed E-state index contributed by atoms with van der Waals surface area (Å²) in [5.74, 6) is -2.83. The number of carbonyl (C=O) groups is 1. The third kappa shape index (κ3) is 3.73. The van der Waals surface area contributed by atoms with Crippen LogP contribution in [0.15, 0.2) is 24.4 Å². The van der Waals surface area contributed by atoms with Crippen LogP contribution >= 0.6 is 11.6 Å². The minimum absolute atomic E-state index is 0.0200. The van der Waals surface area contributed by atoms with E-state index in [4.69, 9.17) is 11.6 Å². The molecule has 0 bridgehead atoms. The van der Waals surface area contributed by atoms with Gasteiger partial charge in [0.25, 0.3) is 5.82 Å². The van der Waals surface area contributed by atoms with Crippen molar-refractivity contribution in [2.24, 2.45) is 0 Å². The molecule has 0 aliphatic rings. The molecule has 1 unspecified atom stereocenters. The quantitative estimate of drug-likeness (QED) is 0.652. The fourth-order valence-corrected chi connectivity index (χ4v) is 2.40. The Morgan fingerprint density at radius 2 is 2.11 bits per heavy atom. The number of aliphatic hydroxyl groups is 1. The summed E-state index contributed by atoms with van der Waals surface area (Å²) in [6.45, 7) is -0.701. The molecule has 2 N–H and O–H groups in total. The van der Waals surface area contributed by atoms with E-state index >= 15 is 0 Å². The Kier molecular flexibility index (Phi) is 4.80. The molecule has 0 saturated heterocycles. The van der Waals surface area contributed by atoms with Crippen LogP contribution in [0.25, 0.3) is 5.82 Å². The molecule has 0 aromatic carbocycles. The summed E-state index contributed by atoms with van der Waals surface area (Å²) < 4.78 is 39.6. The summed E-state index contributed by atoms with van der Waals surface area (Å²) >= 11 is 5.98. The number of carboxylic acid groups (broad SMARTS) is 1. The predicted octanol–water partition coefficient (Wildman–Crippen LogP) is 1.36. The molecule has 142 valence electrons. The van der Waals surface area contributed by atoms with Crippen LogP contribution in [0.4, 0.5) is 13.2 Å². The maximum absolute atomic E-state index is 12.8. The Morgan fingerprint density at radius 1 is 1.37 bits per heavy atom. The largest absolute Gasteiger partial charge is 0.477 e. The fraction of sp³-hybridized carbons (Fsp3) is 0.231. The number of halogens is 4. The minimum Gasteiger partial charge on any atom is -0.477 e. The summed E-state index contributed by atoms with van der Waals surface area (Å²) in [4.78, 5) is 15.4. The molecule has 0 amide bonds. The average molecular weight is 404 g/mol. The highest BCUT2D eigenvalue weighted by Gasteiger charge is 2.38. The second kappa shape index (κ2) is 6.92. The van der Waals surface area contributed by atoms with Gasteiger partial charge in [0.2, 0.25) is 0 Å². The van der Waals surface area contributed by atoms with Crippen molar-refractivity contribution in [3.05, 3.63) is 46.6 Å². The number of hydrogen-bond acceptors (Lipinski definition) is 7. The van der Waals surface area contributed by atoms with Gasteiger partial charge in [0.1, 0.15) is 6.10 Å². The first-order valence-corrected chi connectivity index (χ1v) is 7.52. The molecule has 3 aromatic rings. The van der Waals surface area contributed by atoms with Gasteiger partial charge in [-0.25, -0.2) is 19.1 Å². The van der Waals surface area contributed by atoms with E-state index in [0.29, 0.717) is 4.68 Å². The lowest BCUT2D eigenvalue weighted by molar-refractivity contribution is -0.148. The number of alkyl halides is 3. The third-order valence-corrected chi connectivity index (χ3v) is 3.65. The Hall–Kier alpha value is -3.06. The summed E-state index contributed by atoms with van der Waals surface area (Å²) in [6.07, 6.45) is -5.10. The van der Waals surface area contributed by atoms with E-state index in [-0.39, 0.29) is 16.5 Å². The van der Waals surface area contributed by atoms with Crippen LogP contribution < -0.4 is 0 Å². The Labute approximate surface area is 152 Å². The topological polar surface area (TPSA) is 132 Å². The van der Waals surface area contributed by atoms with Gasteiger partial charge >= 0.3 is 12.1 Å². The SMILES string of the molecule is O=C(O)c1cc(C(O)Cn2nnnc2C(F)(F)F)nn1-c1ncccc1Cl. The lowest BCUT2D eigenvalue weighted by Crippen LogP contribution is -2.19. The molecule has 0 spiro atoms. The van der Waals surface area contributed by atoms with E-state index in [9.17, 15) is 28.2 Å². The number of carboxylic acids is 1. The van der Waals surface area contributed by atoms with Gasteiger partial charge in [-0.3, -0.25) is 0 Å². The summed E-state index contributed by atoms with van der Waals surface area (Å²) in [5, 5.41) is 32.5. The van der Waals surface area contributed by atoms with Crippen molar-refractivity contribution < 1.29 is 28.2 Å². The van der Waals surface area contributed by atoms with Crippen LogP contribution in [0, 0.1) is 0 Å². The van der Waals surface area contributed by atoms with Crippen molar-refractivity contribution in [2.75, 3.05) is 0 Å². The van der Waals surface area contributed by atoms with E-state index in [1.807, 2.05) is 0 Å². The molecule has 3 aromatic heterocycles. The number of hydrogen-bond donors (Lipinski definition) is 2. The number of aromatic carboxylic acids is 1. The van der Waals surface area contributed by atoms with E-state index in [1.54, 1.807) is 0 Å². The van der Waals surface area contributed by atoms with E-state index in [1.165, 1.54) is 18.3 Å². The van der Waals surface area contributed by atoms with Crippen LogP contribution in [-0.2, 0) is 12.7 Å². The lowest BCUT2D eigenvalue weighted by atomic mass is 10.2. The standard InChI is InChI=1S/C13H9ClF3N7O3/c14-6-2-1-3-18-10(6)24-8(11(26)27)4-7(20-24)9(25)5-23-12(13(15,16)17)19-21-22-23/h1-4,9,25H,5H2,(H,26,27). The molecule has 14 heteroatoms. The van der Waals surface area contributed by atoms with Gasteiger partial charge in [-0.15, -0.1) is 5.10 Å². The van der Waals surface area contributed by atoms with Crippen LogP contribution in [0.5, 0.6) is 0 Å². The number of aliphatic hydroxyl groups excluding tert-OH is 1. The molecule has 0 saturated carbocycles. The van der Waals surface area contributed by atoms with Crippen molar-refractivity contribution in [1.82, 2.24) is 35.0 Å². The van der Waals surface area contributed by atoms with Crippen molar-refractivity contribution in [3.8, 4) is 5.82 Å². The van der Waals surface area contributed by atoms with Crippen molar-refractivity contribution in [1.29, 1.82) is 0 Å². The summed E-state index contributed by atoms with van der Waals surface area (Å²) in [7, 11) is 0. The maximum atomic E-state index is 12.8. The van der Waals surface area contributed by atoms with Gasteiger partial charge in [-0.1, -0.05) is 11.6 Å². The van der Waals surface area contributed by atoms with Gasteiger partial charge in [0.05, 0.1) is 17.3 Å². The predicted molar refractivity (Wildman–Crippen MR) is 81.1 cm³/mol. The normalized spacial score (nSPS) is 12.9. The van der Waals surface area contributed by atoms with Crippen LogP contribution in [0.2, 0.25) is 5.02 Å². The third-order valence-electron chi connectivity index (χ3n) is 3.36. The van der Waals surface area contributed by atoms with Crippen LogP contribution in [0.1, 0.15) is 28.1 Å². The molecular formula is C13H9ClF3N7O3. The maximum Gasteiger partial charge on any atom is 0.453 e. The van der Waals surface area contributed by atoms with Crippen LogP contribution in [0.3, 0.4) is 0 Å². The monoisotopic (exact) mass is 403 g/mol. The number of pyridine rings is 1. The zero-order valence-corrected chi connectivity index (χ0v) is 13.8. The summed E-state index contributed by atoms with van der Waals surface area (Å²) in [5.41, 5.74) is -0.616. The van der Waals surface area contributed by atoms with E-state index in [0.717, 1.165) is 10.7 Å². The highest BCUT2D eigenvalue weighted by Crippen LogP contribution is 2.28. The lowest BCUT2D eigenvalue weighted by Gasteiger charge is -2.10. The van der Waals surface area contributed by atoms with E-state index in [2.05, 4.69) is 25.6 Å². The molecule has 3 heterocycles. The van der Waals surface area contributed by atoms with Crippen molar-refractivity contribution >= 4 is 17.6 Å². The number of aromatic nitrogens is 7. The highest BCUT2D eigenvalue weighted by atomic mass is 35.5. The zero-order valence-electron chi connectivity index (χ0n) is 13.0. The first-order chi connectivity index (χ1) is 12.7. The second-order valence-corrected chi connectivity index (χ2v) is 5.59. The van der Waals surface area contributed by atoms with Crippen molar-refractivity contribution in [3.63, 3.8) is 0 Å². The van der Waals surface area contributed by atoms with Gasteiger partial charge in [-0.2, -0.15) is 18.3 Å². The molecule has 10 nitrogen and oxygen atoms in total. The van der Waals surface area contributed by atoms with Gasteiger partial charge < -0.3 is 10.2 Å². The molecule has 0 aliphatic carbocycles. The van der Waals surface area contributed by atoms with Gasteiger partial charge in [-0.05, 0) is 28.6 Å². The Bertz CT molecular complexity index is 988. The number of tetrazole rings is 1. The Morgan fingerprint density at radius 3 is 2.74 bits per heavy atom. The second-order valence-electron chi connectivity index (χ2n) is 5.18. The molecule has 27 heavy (non-hydrogen) atoms. The van der Waals surface area contributed by atoms with E-state index < -0.39 is 36.3 Å². The zero-order chi connectivity index (χ0) is 19.8. The molecule has 0 radical (unpaired) electrons. The fourth-order valence-electron chi connectivity index (χ4n) is 2.20. The minimum atomic E-state index is -4.82. The Balaban J connectivity index is 1.96. The number of nitrogens with zero attached hydrogens (tertiary/aromatic N) is 7. The molecular weight excluding hydrogens is 395 g/mol. The van der Waals surface area contributed by atoms with Gasteiger partial charge in [0.15, 0.2) is 11.5 Å². The molecule has 0 aliphatic heterocycles. The van der Waals surface area contributed by atoms with Crippen LogP contribution in [-0.4, -0.2) is 51.2 Å².